The fourth-order valence-corrected chi connectivity index (χ4v) is 2.21. The molecule has 3 heteroatoms. The van der Waals surface area contributed by atoms with Gasteiger partial charge in [0.05, 0.1) is 0 Å². The van der Waals surface area contributed by atoms with E-state index < -0.39 is 0 Å². The molecule has 0 radical (unpaired) electrons. The van der Waals surface area contributed by atoms with Crippen molar-refractivity contribution in [1.29, 1.82) is 0 Å². The van der Waals surface area contributed by atoms with Crippen LogP contribution in [0.25, 0.3) is 0 Å². The highest BCUT2D eigenvalue weighted by Crippen LogP contribution is 2.33. The molecule has 0 amide bonds. The molecule has 2 nitrogen and oxygen atoms in total. The summed E-state index contributed by atoms with van der Waals surface area (Å²) in [6.07, 6.45) is 1.18. The Morgan fingerprint density at radius 3 is 2.93 bits per heavy atom. The summed E-state index contributed by atoms with van der Waals surface area (Å²) in [6.45, 7) is 3.88. The van der Waals surface area contributed by atoms with Crippen LogP contribution in [0.5, 0.6) is 0 Å². The zero-order valence-electron chi connectivity index (χ0n) is 8.92. The predicted octanol–water partition coefficient (Wildman–Crippen LogP) is 1.81. The Hall–Kier alpha value is -1.09. The Morgan fingerprint density at radius 1 is 1.40 bits per heavy atom. The first-order valence-corrected chi connectivity index (χ1v) is 5.81. The van der Waals surface area contributed by atoms with Gasteiger partial charge in [-0.15, -0.1) is 0 Å². The van der Waals surface area contributed by atoms with E-state index in [1.807, 2.05) is 6.92 Å². The fraction of sp³-hybridized carbons (Fsp3) is 0.417. The number of hydrogen-bond acceptors (Lipinski definition) is 1. The van der Waals surface area contributed by atoms with Gasteiger partial charge in [0.2, 0.25) is 0 Å². The number of thiocarbonyl (C=S) groups is 1. The standard InChI is InChI=1S/C12H16N2S/c1-2-13-12(15)14-8-10-7-9-5-3-4-6-11(9)10/h3-6,10H,2,7-8H2,1H3,(H2,13,14,15). The average molecular weight is 220 g/mol. The van der Waals surface area contributed by atoms with Gasteiger partial charge in [-0.3, -0.25) is 0 Å². The summed E-state index contributed by atoms with van der Waals surface area (Å²) < 4.78 is 0. The van der Waals surface area contributed by atoms with E-state index in [1.54, 1.807) is 0 Å². The molecule has 0 bridgehead atoms. The first-order valence-electron chi connectivity index (χ1n) is 5.40. The Kier molecular flexibility index (Phi) is 3.21. The Labute approximate surface area is 96.1 Å². The summed E-state index contributed by atoms with van der Waals surface area (Å²) in [5, 5.41) is 7.11. The lowest BCUT2D eigenvalue weighted by atomic mass is 9.78. The third-order valence-corrected chi connectivity index (χ3v) is 3.10. The van der Waals surface area contributed by atoms with Gasteiger partial charge in [-0.25, -0.2) is 0 Å². The third kappa shape index (κ3) is 2.29. The summed E-state index contributed by atoms with van der Waals surface area (Å²) in [6, 6.07) is 8.62. The minimum atomic E-state index is 0.637. The summed E-state index contributed by atoms with van der Waals surface area (Å²) in [4.78, 5) is 0. The zero-order valence-corrected chi connectivity index (χ0v) is 9.73. The van der Waals surface area contributed by atoms with Crippen molar-refractivity contribution in [1.82, 2.24) is 10.6 Å². The van der Waals surface area contributed by atoms with Gasteiger partial charge in [0.1, 0.15) is 0 Å². The second-order valence-corrected chi connectivity index (χ2v) is 4.25. The van der Waals surface area contributed by atoms with Crippen molar-refractivity contribution in [2.24, 2.45) is 0 Å². The molecule has 1 unspecified atom stereocenters. The second kappa shape index (κ2) is 4.62. The summed E-state index contributed by atoms with van der Waals surface area (Å²) in [5.74, 6) is 0.637. The van der Waals surface area contributed by atoms with Crippen molar-refractivity contribution in [2.45, 2.75) is 19.3 Å². The highest BCUT2D eigenvalue weighted by atomic mass is 32.1. The summed E-state index contributed by atoms with van der Waals surface area (Å²) >= 11 is 5.12. The molecule has 0 spiro atoms. The monoisotopic (exact) mass is 220 g/mol. The molecular formula is C12H16N2S. The van der Waals surface area contributed by atoms with Crippen LogP contribution in [0.3, 0.4) is 0 Å². The van der Waals surface area contributed by atoms with Crippen LogP contribution in [-0.4, -0.2) is 18.2 Å². The third-order valence-electron chi connectivity index (χ3n) is 2.81. The van der Waals surface area contributed by atoms with Gasteiger partial charge in [0.25, 0.3) is 0 Å². The van der Waals surface area contributed by atoms with Gasteiger partial charge < -0.3 is 10.6 Å². The van der Waals surface area contributed by atoms with E-state index in [4.69, 9.17) is 12.2 Å². The highest BCUT2D eigenvalue weighted by molar-refractivity contribution is 7.80. The van der Waals surface area contributed by atoms with Gasteiger partial charge in [-0.1, -0.05) is 24.3 Å². The van der Waals surface area contributed by atoms with Gasteiger partial charge in [-0.05, 0) is 36.7 Å². The van der Waals surface area contributed by atoms with E-state index in [2.05, 4.69) is 34.9 Å². The molecule has 0 saturated carbocycles. The van der Waals surface area contributed by atoms with E-state index in [0.717, 1.165) is 18.2 Å². The van der Waals surface area contributed by atoms with E-state index in [1.165, 1.54) is 17.5 Å². The minimum Gasteiger partial charge on any atom is -0.363 e. The van der Waals surface area contributed by atoms with Crippen molar-refractivity contribution in [3.8, 4) is 0 Å². The number of fused-ring (bicyclic) bond motifs is 1. The SMILES string of the molecule is CCNC(=S)NCC1Cc2ccccc21. The predicted molar refractivity (Wildman–Crippen MR) is 67.2 cm³/mol. The van der Waals surface area contributed by atoms with Crippen LogP contribution in [0.2, 0.25) is 0 Å². The minimum absolute atomic E-state index is 0.637. The van der Waals surface area contributed by atoms with E-state index in [0.29, 0.717) is 5.92 Å². The van der Waals surface area contributed by atoms with Crippen LogP contribution < -0.4 is 10.6 Å². The van der Waals surface area contributed by atoms with Gasteiger partial charge >= 0.3 is 0 Å². The molecule has 0 heterocycles. The first-order chi connectivity index (χ1) is 7.31. The molecule has 0 saturated heterocycles. The molecule has 2 rings (SSSR count). The number of hydrogen-bond donors (Lipinski definition) is 2. The topological polar surface area (TPSA) is 24.1 Å². The number of rotatable bonds is 3. The van der Waals surface area contributed by atoms with E-state index in [-0.39, 0.29) is 0 Å². The van der Waals surface area contributed by atoms with Gasteiger partial charge in [0.15, 0.2) is 5.11 Å². The van der Waals surface area contributed by atoms with Crippen LogP contribution in [0.15, 0.2) is 24.3 Å². The van der Waals surface area contributed by atoms with Crippen LogP contribution in [-0.2, 0) is 6.42 Å². The lowest BCUT2D eigenvalue weighted by Gasteiger charge is -2.30. The number of nitrogens with one attached hydrogen (secondary N) is 2. The lowest BCUT2D eigenvalue weighted by molar-refractivity contribution is 0.588. The van der Waals surface area contributed by atoms with Crippen LogP contribution in [0.1, 0.15) is 24.0 Å². The van der Waals surface area contributed by atoms with Crippen LogP contribution in [0.4, 0.5) is 0 Å². The highest BCUT2D eigenvalue weighted by Gasteiger charge is 2.24. The fourth-order valence-electron chi connectivity index (χ4n) is 1.98. The maximum atomic E-state index is 5.12. The molecule has 1 aliphatic carbocycles. The van der Waals surface area contributed by atoms with Gasteiger partial charge in [-0.2, -0.15) is 0 Å². The van der Waals surface area contributed by atoms with Gasteiger partial charge in [0, 0.05) is 19.0 Å². The Morgan fingerprint density at radius 2 is 2.20 bits per heavy atom. The maximum Gasteiger partial charge on any atom is 0.166 e. The molecule has 0 aliphatic heterocycles. The smallest absolute Gasteiger partial charge is 0.166 e. The van der Waals surface area contributed by atoms with E-state index in [9.17, 15) is 0 Å². The van der Waals surface area contributed by atoms with Crippen molar-refractivity contribution < 1.29 is 0 Å². The van der Waals surface area contributed by atoms with Crippen molar-refractivity contribution in [3.05, 3.63) is 35.4 Å². The molecule has 0 aromatic heterocycles. The molecule has 0 fully saturated rings. The average Bonchev–Trinajstić information content (AvgIpc) is 2.20. The first kappa shape index (κ1) is 10.4. The molecule has 1 atom stereocenters. The van der Waals surface area contributed by atoms with E-state index >= 15 is 0 Å². The molecule has 80 valence electrons. The second-order valence-electron chi connectivity index (χ2n) is 3.84. The van der Waals surface area contributed by atoms with Crippen LogP contribution in [0, 0.1) is 0 Å². The largest absolute Gasteiger partial charge is 0.363 e. The molecule has 1 aromatic carbocycles. The molecule has 1 aromatic rings. The molecule has 1 aliphatic rings. The Bertz CT molecular complexity index is 362. The quantitative estimate of drug-likeness (QED) is 0.760. The van der Waals surface area contributed by atoms with Crippen molar-refractivity contribution >= 4 is 17.3 Å². The zero-order chi connectivity index (χ0) is 10.7. The van der Waals surface area contributed by atoms with Crippen molar-refractivity contribution in [2.75, 3.05) is 13.1 Å². The van der Waals surface area contributed by atoms with Crippen LogP contribution >= 0.6 is 12.2 Å². The normalized spacial score (nSPS) is 17.5. The maximum absolute atomic E-state index is 5.12. The molecular weight excluding hydrogens is 204 g/mol. The number of benzene rings is 1. The van der Waals surface area contributed by atoms with Crippen molar-refractivity contribution in [3.63, 3.8) is 0 Å². The Balaban J connectivity index is 1.82. The summed E-state index contributed by atoms with van der Waals surface area (Å²) in [7, 11) is 0. The molecule has 2 N–H and O–H groups in total. The summed E-state index contributed by atoms with van der Waals surface area (Å²) in [5.41, 5.74) is 2.96. The lowest BCUT2D eigenvalue weighted by Crippen LogP contribution is -2.39. The molecule has 15 heavy (non-hydrogen) atoms.